The molecule has 4 aromatic rings. The molecule has 0 saturated carbocycles. The molecule has 0 spiro atoms. The monoisotopic (exact) mass is 380 g/mol. The lowest BCUT2D eigenvalue weighted by Crippen LogP contribution is -2.39. The lowest BCUT2D eigenvalue weighted by molar-refractivity contribution is -0.143. The second-order valence-corrected chi connectivity index (χ2v) is 7.05. The minimum absolute atomic E-state index is 0.268. The van der Waals surface area contributed by atoms with Gasteiger partial charge < -0.3 is 15.0 Å². The van der Waals surface area contributed by atoms with Gasteiger partial charge in [-0.25, -0.2) is 0 Å². The Morgan fingerprint density at radius 1 is 1.22 bits per heavy atom. The summed E-state index contributed by atoms with van der Waals surface area (Å²) in [6.07, 6.45) is 0.559. The number of H-pyrrole nitrogens is 1. The summed E-state index contributed by atoms with van der Waals surface area (Å²) in [6, 6.07) is 13.6. The molecule has 6 nitrogen and oxygen atoms in total. The molecular weight excluding hydrogens is 360 g/mol. The van der Waals surface area contributed by atoms with Crippen molar-refractivity contribution in [1.29, 1.82) is 0 Å². The Labute approximate surface area is 160 Å². The predicted octanol–water partition coefficient (Wildman–Crippen LogP) is 3.35. The van der Waals surface area contributed by atoms with E-state index in [4.69, 9.17) is 4.74 Å². The minimum atomic E-state index is -0.433. The number of para-hydroxylation sites is 1. The van der Waals surface area contributed by atoms with Gasteiger partial charge in [0.25, 0.3) is 0 Å². The Balaban J connectivity index is 1.55. The van der Waals surface area contributed by atoms with E-state index in [0.29, 0.717) is 13.0 Å². The first-order valence-corrected chi connectivity index (χ1v) is 9.47. The molecule has 0 unspecified atom stereocenters. The molecule has 4 rings (SSSR count). The standard InChI is InChI=1S/C20H20N4O2S/c1-12-15(14-5-3-4-6-16(14)22-12)10-19(20(25)26-2)21-11-13-7-8-17-18(9-13)24-27-23-17/h3-9,19,21-22H,10-11H2,1-2H3/t19-/m1/s1. The molecule has 0 saturated heterocycles. The van der Waals surface area contributed by atoms with Gasteiger partial charge in [0.2, 0.25) is 0 Å². The van der Waals surface area contributed by atoms with Crippen LogP contribution in [0.25, 0.3) is 21.9 Å². The van der Waals surface area contributed by atoms with Gasteiger partial charge in [-0.3, -0.25) is 4.79 Å². The lowest BCUT2D eigenvalue weighted by Gasteiger charge is -2.17. The van der Waals surface area contributed by atoms with Crippen LogP contribution in [0.2, 0.25) is 0 Å². The summed E-state index contributed by atoms with van der Waals surface area (Å²) in [4.78, 5) is 15.7. The number of rotatable bonds is 6. The number of nitrogens with zero attached hydrogens (tertiary/aromatic N) is 2. The number of aromatic nitrogens is 3. The highest BCUT2D eigenvalue weighted by Gasteiger charge is 2.22. The zero-order valence-corrected chi connectivity index (χ0v) is 16.0. The molecule has 0 amide bonds. The summed E-state index contributed by atoms with van der Waals surface area (Å²) in [5.74, 6) is -0.268. The molecule has 2 aromatic carbocycles. The van der Waals surface area contributed by atoms with Crippen LogP contribution in [0, 0.1) is 6.92 Å². The van der Waals surface area contributed by atoms with Crippen LogP contribution in [0.5, 0.6) is 0 Å². The third-order valence-electron chi connectivity index (χ3n) is 4.79. The largest absolute Gasteiger partial charge is 0.468 e. The first kappa shape index (κ1) is 17.6. The van der Waals surface area contributed by atoms with Crippen LogP contribution in [0.4, 0.5) is 0 Å². The summed E-state index contributed by atoms with van der Waals surface area (Å²) in [5, 5.41) is 4.48. The van der Waals surface area contributed by atoms with E-state index in [-0.39, 0.29) is 5.97 Å². The Kier molecular flexibility index (Phi) is 4.87. The molecule has 0 bridgehead atoms. The van der Waals surface area contributed by atoms with Crippen LogP contribution in [0.3, 0.4) is 0 Å². The maximum Gasteiger partial charge on any atom is 0.323 e. The predicted molar refractivity (Wildman–Crippen MR) is 107 cm³/mol. The minimum Gasteiger partial charge on any atom is -0.468 e. The fraction of sp³-hybridized carbons (Fsp3) is 0.250. The molecule has 2 aromatic heterocycles. The average Bonchev–Trinajstić information content (AvgIpc) is 3.27. The molecule has 0 aliphatic heterocycles. The number of nitrogens with one attached hydrogen (secondary N) is 2. The zero-order chi connectivity index (χ0) is 18.8. The molecule has 0 aliphatic rings. The van der Waals surface area contributed by atoms with E-state index >= 15 is 0 Å². The second kappa shape index (κ2) is 7.46. The number of aryl methyl sites for hydroxylation is 1. The van der Waals surface area contributed by atoms with Gasteiger partial charge in [-0.15, -0.1) is 0 Å². The van der Waals surface area contributed by atoms with Crippen molar-refractivity contribution in [1.82, 2.24) is 19.0 Å². The quantitative estimate of drug-likeness (QED) is 0.502. The van der Waals surface area contributed by atoms with Crippen molar-refractivity contribution in [3.63, 3.8) is 0 Å². The molecule has 27 heavy (non-hydrogen) atoms. The van der Waals surface area contributed by atoms with Crippen molar-refractivity contribution in [2.24, 2.45) is 0 Å². The van der Waals surface area contributed by atoms with Gasteiger partial charge in [-0.2, -0.15) is 8.75 Å². The van der Waals surface area contributed by atoms with Crippen LogP contribution >= 0.6 is 11.7 Å². The first-order chi connectivity index (χ1) is 13.2. The van der Waals surface area contributed by atoms with Crippen LogP contribution in [-0.2, 0) is 22.5 Å². The molecule has 2 N–H and O–H groups in total. The zero-order valence-electron chi connectivity index (χ0n) is 15.2. The maximum atomic E-state index is 12.4. The summed E-state index contributed by atoms with van der Waals surface area (Å²) in [5.41, 5.74) is 6.11. The third-order valence-corrected chi connectivity index (χ3v) is 5.35. The number of esters is 1. The SMILES string of the molecule is COC(=O)[C@@H](Cc1c(C)[nH]c2ccccc12)NCc1ccc2nsnc2c1. The Bertz CT molecular complexity index is 1100. The maximum absolute atomic E-state index is 12.4. The molecule has 0 fully saturated rings. The topological polar surface area (TPSA) is 79.9 Å². The Morgan fingerprint density at radius 2 is 2.04 bits per heavy atom. The van der Waals surface area contributed by atoms with Gasteiger partial charge in [-0.05, 0) is 36.2 Å². The van der Waals surface area contributed by atoms with E-state index < -0.39 is 6.04 Å². The molecule has 0 aliphatic carbocycles. The molecule has 1 atom stereocenters. The van der Waals surface area contributed by atoms with E-state index in [1.165, 1.54) is 18.8 Å². The highest BCUT2D eigenvalue weighted by molar-refractivity contribution is 7.00. The highest BCUT2D eigenvalue weighted by Crippen LogP contribution is 2.23. The number of hydrogen-bond acceptors (Lipinski definition) is 6. The number of hydrogen-bond donors (Lipinski definition) is 2. The molecule has 138 valence electrons. The normalized spacial score (nSPS) is 12.5. The Morgan fingerprint density at radius 3 is 2.89 bits per heavy atom. The molecule has 7 heteroatoms. The van der Waals surface area contributed by atoms with Crippen molar-refractivity contribution in [2.75, 3.05) is 7.11 Å². The smallest absolute Gasteiger partial charge is 0.323 e. The summed E-state index contributed by atoms with van der Waals surface area (Å²) in [6.45, 7) is 2.58. The fourth-order valence-corrected chi connectivity index (χ4v) is 3.88. The third kappa shape index (κ3) is 3.56. The number of methoxy groups -OCH3 is 1. The van der Waals surface area contributed by atoms with Gasteiger partial charge in [0.15, 0.2) is 0 Å². The van der Waals surface area contributed by atoms with Crippen LogP contribution in [-0.4, -0.2) is 32.9 Å². The van der Waals surface area contributed by atoms with Crippen LogP contribution < -0.4 is 5.32 Å². The van der Waals surface area contributed by atoms with E-state index in [1.807, 2.05) is 43.3 Å². The molecule has 2 heterocycles. The van der Waals surface area contributed by atoms with Gasteiger partial charge in [-0.1, -0.05) is 24.3 Å². The summed E-state index contributed by atoms with van der Waals surface area (Å²) < 4.78 is 13.5. The van der Waals surface area contributed by atoms with Gasteiger partial charge in [0.05, 0.1) is 18.8 Å². The van der Waals surface area contributed by atoms with Crippen LogP contribution in [0.1, 0.15) is 16.8 Å². The number of benzene rings is 2. The highest BCUT2D eigenvalue weighted by atomic mass is 32.1. The average molecular weight is 380 g/mol. The van der Waals surface area contributed by atoms with Crippen molar-refractivity contribution in [3.8, 4) is 0 Å². The van der Waals surface area contributed by atoms with Gasteiger partial charge in [0.1, 0.15) is 17.1 Å². The van der Waals surface area contributed by atoms with Crippen molar-refractivity contribution < 1.29 is 9.53 Å². The molecular formula is C20H20N4O2S. The lowest BCUT2D eigenvalue weighted by atomic mass is 10.0. The van der Waals surface area contributed by atoms with Crippen molar-refractivity contribution in [2.45, 2.75) is 25.9 Å². The fourth-order valence-electron chi connectivity index (χ4n) is 3.36. The number of ether oxygens (including phenoxy) is 1. The number of carbonyl (C=O) groups is 1. The summed E-state index contributed by atoms with van der Waals surface area (Å²) in [7, 11) is 1.42. The van der Waals surface area contributed by atoms with Crippen molar-refractivity contribution in [3.05, 3.63) is 59.3 Å². The first-order valence-electron chi connectivity index (χ1n) is 8.74. The number of fused-ring (bicyclic) bond motifs is 2. The van der Waals surface area contributed by atoms with Gasteiger partial charge >= 0.3 is 5.97 Å². The van der Waals surface area contributed by atoms with Crippen molar-refractivity contribution >= 4 is 39.6 Å². The number of aromatic amines is 1. The van der Waals surface area contributed by atoms with Crippen LogP contribution in [0.15, 0.2) is 42.5 Å². The van der Waals surface area contributed by atoms with E-state index in [1.54, 1.807) is 0 Å². The van der Waals surface area contributed by atoms with E-state index in [9.17, 15) is 4.79 Å². The number of carbonyl (C=O) groups excluding carboxylic acids is 1. The summed E-state index contributed by atoms with van der Waals surface area (Å²) >= 11 is 1.20. The second-order valence-electron chi connectivity index (χ2n) is 6.52. The Hall–Kier alpha value is -2.77. The van der Waals surface area contributed by atoms with Gasteiger partial charge in [0, 0.05) is 29.6 Å². The van der Waals surface area contributed by atoms with E-state index in [0.717, 1.165) is 38.8 Å². The molecule has 0 radical (unpaired) electrons. The van der Waals surface area contributed by atoms with E-state index in [2.05, 4.69) is 25.1 Å².